The molecule has 0 aromatic carbocycles. The van der Waals surface area contributed by atoms with Gasteiger partial charge in [0.15, 0.2) is 12.4 Å². The van der Waals surface area contributed by atoms with Gasteiger partial charge in [-0.1, -0.05) is 0 Å². The molecule has 1 aliphatic heterocycles. The normalized spacial score (nSPS) is 27.1. The smallest absolute Gasteiger partial charge is 0.394 e. The quantitative estimate of drug-likeness (QED) is 0.0897. The summed E-state index contributed by atoms with van der Waals surface area (Å²) in [6.45, 7) is -4.48. The summed E-state index contributed by atoms with van der Waals surface area (Å²) in [6, 6.07) is 0. The van der Waals surface area contributed by atoms with E-state index >= 15 is 0 Å². The average Bonchev–Trinajstić information content (AvgIpc) is 2.93. The number of aliphatic hydroxyl groups is 8. The molecule has 25 heteroatoms. The van der Waals surface area contributed by atoms with E-state index in [4.69, 9.17) is 19.7 Å². The highest BCUT2D eigenvalue weighted by Gasteiger charge is 2.90. The van der Waals surface area contributed by atoms with Gasteiger partial charge in [0.25, 0.3) is 5.91 Å². The number of carbonyl (C=O) groups excluding carboxylic acids is 1. The van der Waals surface area contributed by atoms with Crippen molar-refractivity contribution in [1.82, 2.24) is 5.32 Å². The summed E-state index contributed by atoms with van der Waals surface area (Å²) in [7, 11) is 0. The molecule has 1 rings (SSSR count). The summed E-state index contributed by atoms with van der Waals surface area (Å²) in [6.07, 6.45) is -31.4. The Bertz CT molecular complexity index is 989. The molecular formula is C20H26F13NO11. The van der Waals surface area contributed by atoms with E-state index in [9.17, 15) is 92.5 Å². The SMILES string of the molecule is O=C(NCCC(F)(F)C(F)(F)C(F)(F)C(F)(F)C(F)(F)C(F)(F)F)[C@H](O)[C@@H](O)[C@H](O[C@@H]1O[C@H](CO)[C@H](O)[C@H](O)[C@H]1O)[C@H](O)CO. The van der Waals surface area contributed by atoms with Crippen molar-refractivity contribution in [2.24, 2.45) is 0 Å². The minimum absolute atomic E-state index is 1.04. The number of alkyl halides is 13. The van der Waals surface area contributed by atoms with Gasteiger partial charge < -0.3 is 55.6 Å². The number of amides is 1. The van der Waals surface area contributed by atoms with E-state index < -0.39 is 123 Å². The Labute approximate surface area is 241 Å². The summed E-state index contributed by atoms with van der Waals surface area (Å²) in [5, 5.41) is 78.9. The first-order valence-corrected chi connectivity index (χ1v) is 11.9. The van der Waals surface area contributed by atoms with Gasteiger partial charge in [0.05, 0.1) is 13.2 Å². The van der Waals surface area contributed by atoms with Crippen LogP contribution in [-0.2, 0) is 14.3 Å². The molecule has 0 unspecified atom stereocenters. The number of nitrogens with one attached hydrogen (secondary N) is 1. The average molecular weight is 703 g/mol. The number of carbonyl (C=O) groups is 1. The standard InChI is InChI=1S/C20H26F13NO11/c21-15(22,16(23,24)17(25,26)18(27,28)19(29,30)20(31,32)33)1-2-34-13(43)10(41)9(40)12(5(37)3-35)45-14-11(42)8(39)7(38)6(4-36)44-14/h5-12,14,35-42H,1-4H2,(H,34,43)/t5-,6-,7+,8+,9-,10-,11-,12-,14+/m1/s1. The first-order chi connectivity index (χ1) is 20.1. The van der Waals surface area contributed by atoms with E-state index in [2.05, 4.69) is 0 Å². The Morgan fingerprint density at radius 2 is 1.24 bits per heavy atom. The van der Waals surface area contributed by atoms with Crippen molar-refractivity contribution in [3.05, 3.63) is 0 Å². The van der Waals surface area contributed by atoms with E-state index in [0.29, 0.717) is 0 Å². The number of rotatable bonds is 15. The zero-order valence-corrected chi connectivity index (χ0v) is 21.7. The Morgan fingerprint density at radius 1 is 0.756 bits per heavy atom. The minimum Gasteiger partial charge on any atom is -0.394 e. The molecule has 1 fully saturated rings. The number of aliphatic hydroxyl groups excluding tert-OH is 8. The van der Waals surface area contributed by atoms with Gasteiger partial charge in [0.2, 0.25) is 0 Å². The number of hydrogen-bond acceptors (Lipinski definition) is 11. The van der Waals surface area contributed by atoms with Crippen molar-refractivity contribution in [2.75, 3.05) is 19.8 Å². The molecule has 1 saturated heterocycles. The Morgan fingerprint density at radius 3 is 1.69 bits per heavy atom. The molecule has 1 amide bonds. The van der Waals surface area contributed by atoms with Gasteiger partial charge in [-0.2, -0.15) is 57.1 Å². The third-order valence-electron chi connectivity index (χ3n) is 6.37. The first kappa shape index (κ1) is 41.2. The van der Waals surface area contributed by atoms with Crippen LogP contribution < -0.4 is 5.32 Å². The van der Waals surface area contributed by atoms with Crippen LogP contribution >= 0.6 is 0 Å². The lowest BCUT2D eigenvalue weighted by atomic mass is 9.92. The third kappa shape index (κ3) is 7.67. The Hall–Kier alpha value is -1.84. The highest BCUT2D eigenvalue weighted by Crippen LogP contribution is 2.60. The van der Waals surface area contributed by atoms with Crippen LogP contribution in [0.15, 0.2) is 0 Å². The van der Waals surface area contributed by atoms with Crippen LogP contribution in [-0.4, -0.2) is 157 Å². The predicted octanol–water partition coefficient (Wildman–Crippen LogP) is -1.51. The number of ether oxygens (including phenoxy) is 2. The zero-order chi connectivity index (χ0) is 35.7. The first-order valence-electron chi connectivity index (χ1n) is 11.9. The molecule has 268 valence electrons. The number of halogens is 13. The van der Waals surface area contributed by atoms with E-state index in [1.807, 2.05) is 0 Å². The molecule has 45 heavy (non-hydrogen) atoms. The van der Waals surface area contributed by atoms with Crippen molar-refractivity contribution in [1.29, 1.82) is 0 Å². The van der Waals surface area contributed by atoms with Gasteiger partial charge in [-0.25, -0.2) is 0 Å². The van der Waals surface area contributed by atoms with Crippen LogP contribution in [0.4, 0.5) is 57.1 Å². The highest BCUT2D eigenvalue weighted by molar-refractivity contribution is 5.81. The van der Waals surface area contributed by atoms with Crippen molar-refractivity contribution < 1.29 is 112 Å². The summed E-state index contributed by atoms with van der Waals surface area (Å²) in [5.74, 6) is -40.5. The van der Waals surface area contributed by atoms with E-state index in [0.717, 1.165) is 5.32 Å². The summed E-state index contributed by atoms with van der Waals surface area (Å²) < 4.78 is 181. The van der Waals surface area contributed by atoms with Crippen LogP contribution in [0.2, 0.25) is 0 Å². The van der Waals surface area contributed by atoms with E-state index in [1.54, 1.807) is 0 Å². The maximum absolute atomic E-state index is 13.9. The molecule has 0 radical (unpaired) electrons. The fourth-order valence-electron chi connectivity index (χ4n) is 3.58. The molecule has 9 N–H and O–H groups in total. The van der Waals surface area contributed by atoms with Gasteiger partial charge in [-0.05, 0) is 0 Å². The second-order valence-corrected chi connectivity index (χ2v) is 9.52. The van der Waals surface area contributed by atoms with E-state index in [1.165, 1.54) is 0 Å². The fraction of sp³-hybridized carbons (Fsp3) is 0.950. The largest absolute Gasteiger partial charge is 0.460 e. The van der Waals surface area contributed by atoms with Gasteiger partial charge in [0.1, 0.15) is 42.7 Å². The van der Waals surface area contributed by atoms with Crippen LogP contribution in [0.25, 0.3) is 0 Å². The molecule has 0 aromatic rings. The lowest BCUT2D eigenvalue weighted by Crippen LogP contribution is -2.70. The molecule has 1 aliphatic rings. The lowest BCUT2D eigenvalue weighted by molar-refractivity contribution is -0.440. The maximum Gasteiger partial charge on any atom is 0.460 e. The van der Waals surface area contributed by atoms with Gasteiger partial charge in [0, 0.05) is 13.0 Å². The van der Waals surface area contributed by atoms with Crippen molar-refractivity contribution in [3.8, 4) is 0 Å². The molecule has 1 heterocycles. The molecule has 12 nitrogen and oxygen atoms in total. The monoisotopic (exact) mass is 703 g/mol. The Kier molecular flexibility index (Phi) is 12.9. The highest BCUT2D eigenvalue weighted by atomic mass is 19.4. The second kappa shape index (κ2) is 14.1. The van der Waals surface area contributed by atoms with Crippen molar-refractivity contribution in [3.63, 3.8) is 0 Å². The zero-order valence-electron chi connectivity index (χ0n) is 21.7. The van der Waals surface area contributed by atoms with Crippen LogP contribution in [0, 0.1) is 0 Å². The van der Waals surface area contributed by atoms with Crippen LogP contribution in [0.3, 0.4) is 0 Å². The predicted molar refractivity (Wildman–Crippen MR) is 112 cm³/mol. The summed E-state index contributed by atoms with van der Waals surface area (Å²) in [4.78, 5) is 12.1. The number of hydrogen-bond donors (Lipinski definition) is 9. The maximum atomic E-state index is 13.9. The molecule has 0 bridgehead atoms. The summed E-state index contributed by atoms with van der Waals surface area (Å²) >= 11 is 0. The van der Waals surface area contributed by atoms with Crippen molar-refractivity contribution >= 4 is 5.91 Å². The lowest BCUT2D eigenvalue weighted by Gasteiger charge is -2.42. The van der Waals surface area contributed by atoms with Crippen molar-refractivity contribution in [2.45, 2.75) is 97.3 Å². The van der Waals surface area contributed by atoms with Crippen LogP contribution in [0.1, 0.15) is 6.42 Å². The van der Waals surface area contributed by atoms with E-state index in [-0.39, 0.29) is 0 Å². The molecule has 0 spiro atoms. The third-order valence-corrected chi connectivity index (χ3v) is 6.37. The minimum atomic E-state index is -8.14. The summed E-state index contributed by atoms with van der Waals surface area (Å²) in [5.41, 5.74) is 0. The molecule has 0 saturated carbocycles. The van der Waals surface area contributed by atoms with Crippen LogP contribution in [0.5, 0.6) is 0 Å². The molecular weight excluding hydrogens is 677 g/mol. The van der Waals surface area contributed by atoms with Gasteiger partial charge in [-0.15, -0.1) is 0 Å². The van der Waals surface area contributed by atoms with Gasteiger partial charge >= 0.3 is 35.8 Å². The molecule has 9 atom stereocenters. The Balaban J connectivity index is 3.06. The topological polar surface area (TPSA) is 209 Å². The van der Waals surface area contributed by atoms with Gasteiger partial charge in [-0.3, -0.25) is 4.79 Å². The second-order valence-electron chi connectivity index (χ2n) is 9.52. The fourth-order valence-corrected chi connectivity index (χ4v) is 3.58. The molecule has 0 aromatic heterocycles. The molecule has 0 aliphatic carbocycles.